The van der Waals surface area contributed by atoms with Crippen LogP contribution in [0.25, 0.3) is 0 Å². The summed E-state index contributed by atoms with van der Waals surface area (Å²) in [5, 5.41) is 6.05. The molecule has 0 spiro atoms. The lowest BCUT2D eigenvalue weighted by molar-refractivity contribution is 0.0945. The summed E-state index contributed by atoms with van der Waals surface area (Å²) in [4.78, 5) is 21.3. The van der Waals surface area contributed by atoms with Gasteiger partial charge in [-0.1, -0.05) is 31.2 Å². The van der Waals surface area contributed by atoms with E-state index in [0.717, 1.165) is 29.1 Å². The van der Waals surface area contributed by atoms with Crippen LogP contribution in [0.1, 0.15) is 34.2 Å². The van der Waals surface area contributed by atoms with Crippen molar-refractivity contribution in [2.75, 3.05) is 12.4 Å². The Morgan fingerprint density at radius 2 is 1.68 bits per heavy atom. The second kappa shape index (κ2) is 8.99. The number of carbonyl (C=O) groups excluding carboxylic acids is 1. The maximum atomic E-state index is 12.5. The van der Waals surface area contributed by atoms with Crippen LogP contribution < -0.4 is 15.4 Å². The molecule has 2 N–H and O–H groups in total. The molecule has 0 saturated carbocycles. The molecule has 6 heteroatoms. The first-order valence-corrected chi connectivity index (χ1v) is 9.20. The molecule has 144 valence electrons. The molecule has 0 aliphatic carbocycles. The molecule has 0 aliphatic rings. The van der Waals surface area contributed by atoms with Gasteiger partial charge in [-0.3, -0.25) is 4.79 Å². The lowest BCUT2D eigenvalue weighted by Crippen LogP contribution is -2.24. The van der Waals surface area contributed by atoms with E-state index in [4.69, 9.17) is 4.74 Å². The van der Waals surface area contributed by atoms with Crippen molar-refractivity contribution in [1.29, 1.82) is 0 Å². The normalized spacial score (nSPS) is 10.4. The van der Waals surface area contributed by atoms with Crippen molar-refractivity contribution in [1.82, 2.24) is 15.3 Å². The number of anilines is 2. The maximum absolute atomic E-state index is 12.5. The molecular formula is C22H24N4O2. The van der Waals surface area contributed by atoms with Gasteiger partial charge < -0.3 is 15.4 Å². The molecule has 6 nitrogen and oxygen atoms in total. The molecule has 1 aromatic heterocycles. The third kappa shape index (κ3) is 5.07. The van der Waals surface area contributed by atoms with Gasteiger partial charge in [-0.15, -0.1) is 0 Å². The van der Waals surface area contributed by atoms with Crippen LogP contribution in [0.5, 0.6) is 5.75 Å². The number of methoxy groups -OCH3 is 1. The van der Waals surface area contributed by atoms with Crippen molar-refractivity contribution in [3.05, 3.63) is 77.1 Å². The molecule has 0 bridgehead atoms. The highest BCUT2D eigenvalue weighted by atomic mass is 16.5. The molecule has 0 unspecified atom stereocenters. The van der Waals surface area contributed by atoms with Gasteiger partial charge >= 0.3 is 0 Å². The maximum Gasteiger partial charge on any atom is 0.270 e. The van der Waals surface area contributed by atoms with Crippen molar-refractivity contribution in [3.63, 3.8) is 0 Å². The van der Waals surface area contributed by atoms with Gasteiger partial charge in [0.05, 0.1) is 7.11 Å². The summed E-state index contributed by atoms with van der Waals surface area (Å²) in [6, 6.07) is 17.3. The first-order chi connectivity index (χ1) is 13.6. The number of aromatic nitrogens is 2. The molecule has 3 aromatic rings. The van der Waals surface area contributed by atoms with Gasteiger partial charge in [0, 0.05) is 17.9 Å². The van der Waals surface area contributed by atoms with Gasteiger partial charge in [0.1, 0.15) is 11.4 Å². The van der Waals surface area contributed by atoms with Crippen LogP contribution in [0.15, 0.2) is 54.6 Å². The number of amides is 1. The van der Waals surface area contributed by atoms with Crippen LogP contribution in [-0.2, 0) is 13.0 Å². The Morgan fingerprint density at radius 3 is 2.32 bits per heavy atom. The summed E-state index contributed by atoms with van der Waals surface area (Å²) < 4.78 is 5.14. The van der Waals surface area contributed by atoms with E-state index in [0.29, 0.717) is 18.2 Å². The number of aryl methyl sites for hydroxylation is 2. The molecule has 0 saturated heterocycles. The summed E-state index contributed by atoms with van der Waals surface area (Å²) >= 11 is 0. The number of nitrogens with one attached hydrogen (secondary N) is 2. The van der Waals surface area contributed by atoms with Gasteiger partial charge in [0.15, 0.2) is 0 Å². The molecule has 0 atom stereocenters. The standard InChI is InChI=1S/C22H24N4O2/c1-4-16-5-9-18(10-6-16)25-22-24-15(2)13-20(26-22)21(27)23-14-17-7-11-19(28-3)12-8-17/h5-13H,4,14H2,1-3H3,(H,23,27)(H,24,25,26). The first-order valence-electron chi connectivity index (χ1n) is 9.20. The van der Waals surface area contributed by atoms with Gasteiger partial charge in [0.25, 0.3) is 5.91 Å². The zero-order valence-electron chi connectivity index (χ0n) is 16.3. The van der Waals surface area contributed by atoms with E-state index in [1.165, 1.54) is 5.56 Å². The predicted molar refractivity (Wildman–Crippen MR) is 110 cm³/mol. The highest BCUT2D eigenvalue weighted by Gasteiger charge is 2.11. The fourth-order valence-electron chi connectivity index (χ4n) is 2.71. The largest absolute Gasteiger partial charge is 0.497 e. The zero-order chi connectivity index (χ0) is 19.9. The number of hydrogen-bond donors (Lipinski definition) is 2. The third-order valence-corrected chi connectivity index (χ3v) is 4.32. The van der Waals surface area contributed by atoms with Crippen LogP contribution in [0.2, 0.25) is 0 Å². The molecule has 1 amide bonds. The molecular weight excluding hydrogens is 352 g/mol. The number of carbonyl (C=O) groups is 1. The summed E-state index contributed by atoms with van der Waals surface area (Å²) in [6.45, 7) is 4.36. The van der Waals surface area contributed by atoms with Gasteiger partial charge in [0.2, 0.25) is 5.95 Å². The molecule has 0 radical (unpaired) electrons. The molecule has 3 rings (SSSR count). The third-order valence-electron chi connectivity index (χ3n) is 4.32. The number of hydrogen-bond acceptors (Lipinski definition) is 5. The Morgan fingerprint density at radius 1 is 1.00 bits per heavy atom. The van der Waals surface area contributed by atoms with Crippen LogP contribution in [0, 0.1) is 6.92 Å². The molecule has 0 aliphatic heterocycles. The minimum atomic E-state index is -0.245. The van der Waals surface area contributed by atoms with E-state index in [1.54, 1.807) is 13.2 Å². The van der Waals surface area contributed by atoms with Crippen molar-refractivity contribution < 1.29 is 9.53 Å². The summed E-state index contributed by atoms with van der Waals surface area (Å²) in [7, 11) is 1.62. The van der Waals surface area contributed by atoms with E-state index >= 15 is 0 Å². The van der Waals surface area contributed by atoms with Crippen LogP contribution in [0.3, 0.4) is 0 Å². The number of benzene rings is 2. The monoisotopic (exact) mass is 376 g/mol. The van der Waals surface area contributed by atoms with Crippen molar-refractivity contribution in [2.45, 2.75) is 26.8 Å². The number of rotatable bonds is 7. The zero-order valence-corrected chi connectivity index (χ0v) is 16.3. The minimum Gasteiger partial charge on any atom is -0.497 e. The second-order valence-corrected chi connectivity index (χ2v) is 6.42. The number of ether oxygens (including phenoxy) is 1. The summed E-state index contributed by atoms with van der Waals surface area (Å²) in [6.07, 6.45) is 0.986. The van der Waals surface area contributed by atoms with Gasteiger partial charge in [-0.2, -0.15) is 0 Å². The fourth-order valence-corrected chi connectivity index (χ4v) is 2.71. The van der Waals surface area contributed by atoms with Crippen molar-refractivity contribution in [3.8, 4) is 5.75 Å². The number of nitrogens with zero attached hydrogens (tertiary/aromatic N) is 2. The van der Waals surface area contributed by atoms with E-state index in [9.17, 15) is 4.79 Å². The topological polar surface area (TPSA) is 76.1 Å². The predicted octanol–water partition coefficient (Wildman–Crippen LogP) is 4.03. The van der Waals surface area contributed by atoms with E-state index in [-0.39, 0.29) is 5.91 Å². The minimum absolute atomic E-state index is 0.245. The molecule has 2 aromatic carbocycles. The first kappa shape index (κ1) is 19.4. The van der Waals surface area contributed by atoms with E-state index < -0.39 is 0 Å². The Bertz CT molecular complexity index is 938. The Kier molecular flexibility index (Phi) is 6.22. The molecule has 0 fully saturated rings. The van der Waals surface area contributed by atoms with E-state index in [2.05, 4.69) is 39.7 Å². The van der Waals surface area contributed by atoms with Crippen LogP contribution >= 0.6 is 0 Å². The average Bonchev–Trinajstić information content (AvgIpc) is 2.72. The highest BCUT2D eigenvalue weighted by Crippen LogP contribution is 2.16. The quantitative estimate of drug-likeness (QED) is 0.651. The summed E-state index contributed by atoms with van der Waals surface area (Å²) in [5.41, 5.74) is 4.17. The Balaban J connectivity index is 1.67. The van der Waals surface area contributed by atoms with Crippen LogP contribution in [-0.4, -0.2) is 23.0 Å². The Hall–Kier alpha value is -3.41. The van der Waals surface area contributed by atoms with Gasteiger partial charge in [-0.25, -0.2) is 9.97 Å². The van der Waals surface area contributed by atoms with Gasteiger partial charge in [-0.05, 0) is 54.8 Å². The van der Waals surface area contributed by atoms with Crippen molar-refractivity contribution >= 4 is 17.5 Å². The molecule has 28 heavy (non-hydrogen) atoms. The van der Waals surface area contributed by atoms with Crippen LogP contribution in [0.4, 0.5) is 11.6 Å². The lowest BCUT2D eigenvalue weighted by atomic mass is 10.1. The average molecular weight is 376 g/mol. The summed E-state index contributed by atoms with van der Waals surface area (Å²) in [5.74, 6) is 0.939. The second-order valence-electron chi connectivity index (χ2n) is 6.42. The highest BCUT2D eigenvalue weighted by molar-refractivity contribution is 5.92. The molecule has 1 heterocycles. The smallest absolute Gasteiger partial charge is 0.270 e. The van der Waals surface area contributed by atoms with E-state index in [1.807, 2.05) is 43.3 Å². The fraction of sp³-hybridized carbons (Fsp3) is 0.227. The lowest BCUT2D eigenvalue weighted by Gasteiger charge is -2.10. The SMILES string of the molecule is CCc1ccc(Nc2nc(C)cc(C(=O)NCc3ccc(OC)cc3)n2)cc1. The van der Waals surface area contributed by atoms with Crippen molar-refractivity contribution in [2.24, 2.45) is 0 Å². The Labute approximate surface area is 165 Å².